The van der Waals surface area contributed by atoms with E-state index in [1.807, 2.05) is 36.5 Å². The van der Waals surface area contributed by atoms with Gasteiger partial charge in [-0.1, -0.05) is 24.3 Å². The summed E-state index contributed by atoms with van der Waals surface area (Å²) in [6.07, 6.45) is 7.51. The van der Waals surface area contributed by atoms with Gasteiger partial charge in [0, 0.05) is 78.8 Å². The Kier molecular flexibility index (Phi) is 8.40. The highest BCUT2D eigenvalue weighted by molar-refractivity contribution is 6.00. The number of fused-ring (bicyclic) bond motifs is 1. The number of carbonyl (C=O) groups excluding carboxylic acids is 2. The summed E-state index contributed by atoms with van der Waals surface area (Å²) in [5, 5.41) is 16.8. The number of benzene rings is 2. The van der Waals surface area contributed by atoms with Gasteiger partial charge in [-0.2, -0.15) is 5.26 Å². The minimum Gasteiger partial charge on any atom is -0.379 e. The van der Waals surface area contributed by atoms with E-state index < -0.39 is 0 Å². The molecule has 0 radical (unpaired) electrons. The van der Waals surface area contributed by atoms with Gasteiger partial charge in [-0.3, -0.25) is 14.5 Å². The van der Waals surface area contributed by atoms with Gasteiger partial charge >= 0.3 is 0 Å². The fourth-order valence-corrected chi connectivity index (χ4v) is 5.41. The third-order valence-corrected chi connectivity index (χ3v) is 7.70. The monoisotopic (exact) mass is 576 g/mol. The second kappa shape index (κ2) is 12.9. The van der Waals surface area contributed by atoms with Crippen LogP contribution in [-0.4, -0.2) is 88.5 Å². The molecule has 4 heterocycles. The predicted octanol–water partition coefficient (Wildman–Crippen LogP) is 3.65. The number of hydrogen-bond acceptors (Lipinski definition) is 8. The van der Waals surface area contributed by atoms with Crippen molar-refractivity contribution in [2.45, 2.75) is 12.5 Å². The summed E-state index contributed by atoms with van der Waals surface area (Å²) in [6.45, 7) is 4.97. The lowest BCUT2D eigenvalue weighted by Gasteiger charge is -2.25. The van der Waals surface area contributed by atoms with Gasteiger partial charge in [0.2, 0.25) is 11.9 Å². The molecule has 218 valence electrons. The van der Waals surface area contributed by atoms with Crippen LogP contribution in [0, 0.1) is 11.3 Å². The summed E-state index contributed by atoms with van der Waals surface area (Å²) in [5.74, 6) is 0.129. The number of hydrogen-bond donors (Lipinski definition) is 3. The first kappa shape index (κ1) is 28.1. The van der Waals surface area contributed by atoms with E-state index in [4.69, 9.17) is 4.74 Å². The van der Waals surface area contributed by atoms with Crippen molar-refractivity contribution in [1.82, 2.24) is 24.8 Å². The molecule has 2 fully saturated rings. The highest BCUT2D eigenvalue weighted by atomic mass is 16.5. The molecule has 0 unspecified atom stereocenters. The van der Waals surface area contributed by atoms with E-state index in [2.05, 4.69) is 36.6 Å². The Morgan fingerprint density at radius 1 is 1.12 bits per heavy atom. The van der Waals surface area contributed by atoms with E-state index in [0.717, 1.165) is 49.2 Å². The van der Waals surface area contributed by atoms with Gasteiger partial charge in [-0.15, -0.1) is 0 Å². The van der Waals surface area contributed by atoms with E-state index in [1.165, 1.54) is 12.3 Å². The molecule has 1 atom stereocenters. The number of anilines is 2. The molecule has 2 aromatic carbocycles. The molecule has 2 aromatic heterocycles. The van der Waals surface area contributed by atoms with Gasteiger partial charge < -0.3 is 25.3 Å². The molecule has 3 N–H and O–H groups in total. The maximum Gasteiger partial charge on any atom is 0.253 e. The average molecular weight is 577 g/mol. The van der Waals surface area contributed by atoms with Crippen LogP contribution in [0.15, 0.2) is 73.1 Å². The topological polar surface area (TPSA) is 139 Å². The number of aromatic amines is 1. The minimum atomic E-state index is -0.210. The maximum absolute atomic E-state index is 13.2. The molecule has 11 nitrogen and oxygen atoms in total. The lowest BCUT2D eigenvalue weighted by molar-refractivity contribution is -0.111. The molecule has 11 heteroatoms. The molecular formula is C32H32N8O3. The number of morpholine rings is 1. The van der Waals surface area contributed by atoms with E-state index in [0.29, 0.717) is 48.1 Å². The number of para-hydroxylation sites is 1. The number of nitrogens with one attached hydrogen (secondary N) is 3. The van der Waals surface area contributed by atoms with E-state index in [9.17, 15) is 14.9 Å². The number of ether oxygens (including phenoxy) is 1. The summed E-state index contributed by atoms with van der Waals surface area (Å²) in [6, 6.07) is 17.0. The van der Waals surface area contributed by atoms with Crippen LogP contribution >= 0.6 is 0 Å². The fraction of sp³-hybridized carbons (Fsp3) is 0.281. The van der Waals surface area contributed by atoms with Crippen LogP contribution in [0.25, 0.3) is 22.2 Å². The molecule has 0 bridgehead atoms. The Morgan fingerprint density at radius 3 is 2.74 bits per heavy atom. The highest BCUT2D eigenvalue weighted by Crippen LogP contribution is 2.30. The quantitative estimate of drug-likeness (QED) is 0.270. The molecular weight excluding hydrogens is 544 g/mol. The normalized spacial score (nSPS) is 17.3. The molecule has 0 spiro atoms. The van der Waals surface area contributed by atoms with Crippen molar-refractivity contribution in [2.24, 2.45) is 0 Å². The molecule has 2 aliphatic rings. The smallest absolute Gasteiger partial charge is 0.253 e. The van der Waals surface area contributed by atoms with Gasteiger partial charge in [-0.25, -0.2) is 9.97 Å². The summed E-state index contributed by atoms with van der Waals surface area (Å²) >= 11 is 0. The molecule has 0 saturated carbocycles. The summed E-state index contributed by atoms with van der Waals surface area (Å²) in [5.41, 5.74) is 3.93. The molecule has 4 aromatic rings. The Balaban J connectivity index is 1.04. The Hall–Kier alpha value is -5.05. The van der Waals surface area contributed by atoms with Gasteiger partial charge in [0.25, 0.3) is 5.91 Å². The van der Waals surface area contributed by atoms with Crippen LogP contribution in [-0.2, 0) is 9.53 Å². The molecule has 2 amide bonds. The lowest BCUT2D eigenvalue weighted by atomic mass is 10.1. The second-order valence-electron chi connectivity index (χ2n) is 10.6. The molecule has 2 saturated heterocycles. The zero-order valence-electron chi connectivity index (χ0n) is 23.6. The zero-order valence-corrected chi connectivity index (χ0v) is 23.6. The van der Waals surface area contributed by atoms with Crippen LogP contribution in [0.2, 0.25) is 0 Å². The third-order valence-electron chi connectivity index (χ3n) is 7.70. The number of aromatic nitrogens is 3. The van der Waals surface area contributed by atoms with E-state index >= 15 is 0 Å². The van der Waals surface area contributed by atoms with E-state index in [1.54, 1.807) is 29.2 Å². The van der Waals surface area contributed by atoms with Gasteiger partial charge in [0.1, 0.15) is 6.07 Å². The molecule has 2 aliphatic heterocycles. The number of likely N-dealkylation sites (tertiary alicyclic amines) is 1. The lowest BCUT2D eigenvalue weighted by Crippen LogP contribution is -2.36. The van der Waals surface area contributed by atoms with Crippen LogP contribution < -0.4 is 10.6 Å². The van der Waals surface area contributed by atoms with E-state index in [-0.39, 0.29) is 17.9 Å². The number of nitriles is 1. The number of rotatable bonds is 8. The number of carbonyl (C=O) groups is 2. The number of amides is 2. The van der Waals surface area contributed by atoms with Crippen molar-refractivity contribution in [3.8, 4) is 17.3 Å². The van der Waals surface area contributed by atoms with Crippen LogP contribution in [0.1, 0.15) is 22.3 Å². The second-order valence-corrected chi connectivity index (χ2v) is 10.6. The van der Waals surface area contributed by atoms with Crippen molar-refractivity contribution < 1.29 is 14.3 Å². The first-order valence-electron chi connectivity index (χ1n) is 14.3. The largest absolute Gasteiger partial charge is 0.379 e. The number of H-pyrrole nitrogens is 1. The summed E-state index contributed by atoms with van der Waals surface area (Å²) < 4.78 is 5.34. The van der Waals surface area contributed by atoms with Crippen molar-refractivity contribution in [2.75, 3.05) is 56.6 Å². The highest BCUT2D eigenvalue weighted by Gasteiger charge is 2.28. The first-order chi connectivity index (χ1) is 21.1. The van der Waals surface area contributed by atoms with Crippen LogP contribution in [0.5, 0.6) is 0 Å². The summed E-state index contributed by atoms with van der Waals surface area (Å²) in [4.78, 5) is 41.8. The third kappa shape index (κ3) is 6.56. The Labute approximate surface area is 249 Å². The molecule has 6 rings (SSSR count). The van der Waals surface area contributed by atoms with Crippen molar-refractivity contribution in [3.05, 3.63) is 84.2 Å². The van der Waals surface area contributed by atoms with Crippen molar-refractivity contribution in [1.29, 1.82) is 5.26 Å². The Bertz CT molecular complexity index is 1690. The SMILES string of the molecule is N#Cc1cnc(N[C@@H]2CCN(C(=O)c3ccc(NC(=O)C=CCN4CCOCC4)cc3)C2)nc1-c1c[nH]c2ccccc12. The standard InChI is InChI=1S/C32H32N8O3/c33-18-23-19-35-32(38-30(23)27-20-34-28-5-2-1-4-26(27)28)37-25-11-13-40(21-25)31(42)22-7-9-24(10-8-22)36-29(41)6-3-12-39-14-16-43-17-15-39/h1-10,19-20,25,34H,11-17,21H2,(H,36,41)(H,35,37,38)/t25-/m1/s1. The fourth-order valence-electron chi connectivity index (χ4n) is 5.41. The zero-order chi connectivity index (χ0) is 29.6. The maximum atomic E-state index is 13.2. The average Bonchev–Trinajstić information content (AvgIpc) is 3.69. The minimum absolute atomic E-state index is 0.0319. The van der Waals surface area contributed by atoms with Gasteiger partial charge in [0.15, 0.2) is 0 Å². The predicted molar refractivity (Wildman–Crippen MR) is 163 cm³/mol. The van der Waals surface area contributed by atoms with Crippen molar-refractivity contribution in [3.63, 3.8) is 0 Å². The van der Waals surface area contributed by atoms with Gasteiger partial charge in [-0.05, 0) is 36.8 Å². The Morgan fingerprint density at radius 2 is 1.93 bits per heavy atom. The first-order valence-corrected chi connectivity index (χ1v) is 14.3. The van der Waals surface area contributed by atoms with Gasteiger partial charge in [0.05, 0.1) is 30.7 Å². The molecule has 0 aliphatic carbocycles. The summed E-state index contributed by atoms with van der Waals surface area (Å²) in [7, 11) is 0. The van der Waals surface area contributed by atoms with Crippen LogP contribution in [0.4, 0.5) is 11.6 Å². The van der Waals surface area contributed by atoms with Crippen LogP contribution in [0.3, 0.4) is 0 Å². The number of nitrogens with zero attached hydrogens (tertiary/aromatic N) is 5. The molecule has 43 heavy (non-hydrogen) atoms. The van der Waals surface area contributed by atoms with Crippen molar-refractivity contribution >= 4 is 34.4 Å².